The fourth-order valence-corrected chi connectivity index (χ4v) is 2.91. The molecule has 0 aliphatic rings. The van der Waals surface area contributed by atoms with Gasteiger partial charge < -0.3 is 9.84 Å². The van der Waals surface area contributed by atoms with Crippen LogP contribution in [-0.2, 0) is 12.0 Å². The molecule has 0 aromatic carbocycles. The Hall–Kier alpha value is -2.02. The van der Waals surface area contributed by atoms with Gasteiger partial charge in [-0.05, 0) is 6.92 Å². The number of hydrogen-bond acceptors (Lipinski definition) is 7. The van der Waals surface area contributed by atoms with Crippen molar-refractivity contribution in [2.75, 3.05) is 5.32 Å². The fraction of sp³-hybridized carbons (Fsp3) is 0.429. The molecule has 3 rings (SSSR count). The zero-order chi connectivity index (χ0) is 15.0. The Balaban J connectivity index is 1.81. The molecule has 0 saturated carbocycles. The summed E-state index contributed by atoms with van der Waals surface area (Å²) >= 11 is 1.65. The predicted octanol–water partition coefficient (Wildman–Crippen LogP) is 3.29. The highest BCUT2D eigenvalue weighted by molar-refractivity contribution is 7.09. The molecule has 0 fully saturated rings. The maximum absolute atomic E-state index is 5.14. The van der Waals surface area contributed by atoms with E-state index in [4.69, 9.17) is 4.52 Å². The monoisotopic (exact) mass is 303 g/mol. The predicted molar refractivity (Wildman–Crippen MR) is 82.5 cm³/mol. The molecule has 3 heterocycles. The number of aryl methyl sites for hydroxylation is 1. The third-order valence-electron chi connectivity index (χ3n) is 3.17. The summed E-state index contributed by atoms with van der Waals surface area (Å²) in [5, 5.41) is 11.2. The minimum Gasteiger partial charge on any atom is -0.363 e. The molecule has 0 aliphatic heterocycles. The largest absolute Gasteiger partial charge is 0.363 e. The van der Waals surface area contributed by atoms with Crippen molar-refractivity contribution in [1.82, 2.24) is 20.1 Å². The van der Waals surface area contributed by atoms with Gasteiger partial charge in [0.1, 0.15) is 22.5 Å². The molecule has 110 valence electrons. The molecule has 1 N–H and O–H groups in total. The van der Waals surface area contributed by atoms with Gasteiger partial charge in [0.15, 0.2) is 0 Å². The third-order valence-corrected chi connectivity index (χ3v) is 4.02. The van der Waals surface area contributed by atoms with Gasteiger partial charge in [-0.15, -0.1) is 11.3 Å². The van der Waals surface area contributed by atoms with Crippen LogP contribution in [0, 0.1) is 6.92 Å². The van der Waals surface area contributed by atoms with Crippen molar-refractivity contribution >= 4 is 28.3 Å². The highest BCUT2D eigenvalue weighted by Crippen LogP contribution is 2.26. The average molecular weight is 303 g/mol. The van der Waals surface area contributed by atoms with Crippen molar-refractivity contribution in [3.05, 3.63) is 28.1 Å². The van der Waals surface area contributed by atoms with Gasteiger partial charge in [0.05, 0.1) is 17.9 Å². The second-order valence-electron chi connectivity index (χ2n) is 5.90. The molecule has 0 radical (unpaired) electrons. The number of anilines is 1. The summed E-state index contributed by atoms with van der Waals surface area (Å²) in [5.74, 6) is 0.728. The molecule has 21 heavy (non-hydrogen) atoms. The molecule has 0 amide bonds. The van der Waals surface area contributed by atoms with E-state index in [1.807, 2.05) is 6.92 Å². The summed E-state index contributed by atoms with van der Waals surface area (Å²) in [6.07, 6.45) is 1.47. The van der Waals surface area contributed by atoms with Crippen molar-refractivity contribution in [2.45, 2.75) is 39.7 Å². The Bertz CT molecular complexity index is 771. The van der Waals surface area contributed by atoms with Crippen LogP contribution in [0.15, 0.2) is 16.2 Å². The molecule has 3 aromatic rings. The number of hydrogen-bond donors (Lipinski definition) is 1. The zero-order valence-electron chi connectivity index (χ0n) is 12.5. The van der Waals surface area contributed by atoms with Crippen LogP contribution in [0.2, 0.25) is 0 Å². The number of thiazole rings is 1. The second kappa shape index (κ2) is 5.07. The molecule has 0 unspecified atom stereocenters. The van der Waals surface area contributed by atoms with Crippen LogP contribution < -0.4 is 5.32 Å². The molecule has 0 atom stereocenters. The van der Waals surface area contributed by atoms with Crippen LogP contribution in [0.4, 0.5) is 5.82 Å². The number of nitrogens with one attached hydrogen (secondary N) is 1. The first-order chi connectivity index (χ1) is 9.95. The van der Waals surface area contributed by atoms with Crippen LogP contribution >= 0.6 is 11.3 Å². The summed E-state index contributed by atoms with van der Waals surface area (Å²) < 4.78 is 5.14. The SMILES string of the molecule is Cc1noc2ncnc(NCc3nc(C(C)(C)C)cs3)c12. The summed E-state index contributed by atoms with van der Waals surface area (Å²) in [4.78, 5) is 13.0. The van der Waals surface area contributed by atoms with Gasteiger partial charge in [-0.2, -0.15) is 4.98 Å². The molecule has 6 nitrogen and oxygen atoms in total. The van der Waals surface area contributed by atoms with Crippen molar-refractivity contribution < 1.29 is 4.52 Å². The lowest BCUT2D eigenvalue weighted by Gasteiger charge is -2.14. The lowest BCUT2D eigenvalue weighted by molar-refractivity contribution is 0.442. The molecule has 0 saturated heterocycles. The molecular formula is C14H17N5OS. The normalized spacial score (nSPS) is 12.0. The first-order valence-electron chi connectivity index (χ1n) is 6.71. The maximum Gasteiger partial charge on any atom is 0.263 e. The highest BCUT2D eigenvalue weighted by atomic mass is 32.1. The Labute approximate surface area is 126 Å². The quantitative estimate of drug-likeness (QED) is 0.800. The topological polar surface area (TPSA) is 76.7 Å². The standard InChI is InChI=1S/C14H17N5OS/c1-8-11-12(16-7-17-13(11)20-19-8)15-5-10-18-9(6-21-10)14(2,3)4/h6-7H,5H2,1-4H3,(H,15,16,17). The van der Waals surface area contributed by atoms with Gasteiger partial charge >= 0.3 is 0 Å². The lowest BCUT2D eigenvalue weighted by atomic mass is 9.93. The van der Waals surface area contributed by atoms with E-state index < -0.39 is 0 Å². The first-order valence-corrected chi connectivity index (χ1v) is 7.59. The maximum atomic E-state index is 5.14. The Morgan fingerprint density at radius 2 is 2.10 bits per heavy atom. The van der Waals surface area contributed by atoms with Crippen molar-refractivity contribution in [3.63, 3.8) is 0 Å². The molecule has 0 aliphatic carbocycles. The molecule has 3 aromatic heterocycles. The number of nitrogens with zero attached hydrogens (tertiary/aromatic N) is 4. The van der Waals surface area contributed by atoms with Crippen molar-refractivity contribution in [3.8, 4) is 0 Å². The van der Waals surface area contributed by atoms with Gasteiger partial charge in [0.25, 0.3) is 5.71 Å². The minimum atomic E-state index is 0.0714. The van der Waals surface area contributed by atoms with Gasteiger partial charge in [-0.1, -0.05) is 25.9 Å². The van der Waals surface area contributed by atoms with E-state index in [-0.39, 0.29) is 5.41 Å². The summed E-state index contributed by atoms with van der Waals surface area (Å²) in [6, 6.07) is 0. The minimum absolute atomic E-state index is 0.0714. The van der Waals surface area contributed by atoms with Crippen molar-refractivity contribution in [2.24, 2.45) is 0 Å². The Morgan fingerprint density at radius 3 is 2.81 bits per heavy atom. The van der Waals surface area contributed by atoms with E-state index in [1.54, 1.807) is 11.3 Å². The molecule has 0 bridgehead atoms. The summed E-state index contributed by atoms with van der Waals surface area (Å²) in [6.45, 7) is 8.98. The van der Waals surface area contributed by atoms with E-state index >= 15 is 0 Å². The van der Waals surface area contributed by atoms with Crippen LogP contribution in [-0.4, -0.2) is 20.1 Å². The van der Waals surface area contributed by atoms with Crippen LogP contribution in [0.3, 0.4) is 0 Å². The highest BCUT2D eigenvalue weighted by Gasteiger charge is 2.18. The van der Waals surface area contributed by atoms with E-state index in [0.29, 0.717) is 12.3 Å². The van der Waals surface area contributed by atoms with E-state index in [1.165, 1.54) is 6.33 Å². The number of aromatic nitrogens is 4. The Kier molecular flexibility index (Phi) is 3.36. The lowest BCUT2D eigenvalue weighted by Crippen LogP contribution is -2.12. The average Bonchev–Trinajstić information content (AvgIpc) is 3.04. The number of fused-ring (bicyclic) bond motifs is 1. The van der Waals surface area contributed by atoms with E-state index in [9.17, 15) is 0 Å². The second-order valence-corrected chi connectivity index (χ2v) is 6.84. The van der Waals surface area contributed by atoms with Gasteiger partial charge in [0, 0.05) is 10.8 Å². The smallest absolute Gasteiger partial charge is 0.263 e. The van der Waals surface area contributed by atoms with Gasteiger partial charge in [0.2, 0.25) is 0 Å². The van der Waals surface area contributed by atoms with Gasteiger partial charge in [-0.25, -0.2) is 9.97 Å². The van der Waals surface area contributed by atoms with Crippen LogP contribution in [0.25, 0.3) is 11.1 Å². The fourth-order valence-electron chi connectivity index (χ4n) is 1.95. The van der Waals surface area contributed by atoms with Crippen LogP contribution in [0.5, 0.6) is 0 Å². The molecule has 0 spiro atoms. The third kappa shape index (κ3) is 2.73. The summed E-state index contributed by atoms with van der Waals surface area (Å²) in [7, 11) is 0. The van der Waals surface area contributed by atoms with Crippen LogP contribution in [0.1, 0.15) is 37.2 Å². The number of rotatable bonds is 3. The van der Waals surface area contributed by atoms with Gasteiger partial charge in [-0.3, -0.25) is 0 Å². The van der Waals surface area contributed by atoms with E-state index in [2.05, 4.69) is 51.6 Å². The molecule has 7 heteroatoms. The van der Waals surface area contributed by atoms with E-state index in [0.717, 1.165) is 27.6 Å². The Morgan fingerprint density at radius 1 is 1.29 bits per heavy atom. The zero-order valence-corrected chi connectivity index (χ0v) is 13.3. The molecular weight excluding hydrogens is 286 g/mol. The van der Waals surface area contributed by atoms with Crippen molar-refractivity contribution in [1.29, 1.82) is 0 Å². The first kappa shape index (κ1) is 13.9. The summed E-state index contributed by atoms with van der Waals surface area (Å²) in [5.41, 5.74) is 2.46.